The van der Waals surface area contributed by atoms with Gasteiger partial charge in [-0.3, -0.25) is 0 Å². The molecule has 2 heteroatoms. The molecule has 0 radical (unpaired) electrons. The summed E-state index contributed by atoms with van der Waals surface area (Å²) < 4.78 is 5.57. The van der Waals surface area contributed by atoms with Gasteiger partial charge in [0.25, 0.3) is 0 Å². The fourth-order valence-corrected chi connectivity index (χ4v) is 2.08. The van der Waals surface area contributed by atoms with Crippen LogP contribution in [0.1, 0.15) is 46.0 Å². The van der Waals surface area contributed by atoms with Crippen LogP contribution in [0.2, 0.25) is 0 Å². The molecule has 2 nitrogen and oxygen atoms in total. The Morgan fingerprint density at radius 3 is 3.00 bits per heavy atom. The highest BCUT2D eigenvalue weighted by Gasteiger charge is 2.14. The van der Waals surface area contributed by atoms with Crippen LogP contribution < -0.4 is 5.32 Å². The fraction of sp³-hybridized carbons (Fsp3) is 1.00. The first-order valence-electron chi connectivity index (χ1n) is 6.15. The molecule has 0 bridgehead atoms. The van der Waals surface area contributed by atoms with E-state index in [-0.39, 0.29) is 0 Å². The number of hydrogen-bond donors (Lipinski definition) is 1. The zero-order valence-electron chi connectivity index (χ0n) is 9.72. The van der Waals surface area contributed by atoms with Crippen LogP contribution in [-0.4, -0.2) is 25.8 Å². The average Bonchev–Trinajstić information content (AvgIpc) is 2.65. The summed E-state index contributed by atoms with van der Waals surface area (Å²) in [5.41, 5.74) is 0. The highest BCUT2D eigenvalue weighted by molar-refractivity contribution is 4.66. The smallest absolute Gasteiger partial charge is 0.0588 e. The van der Waals surface area contributed by atoms with Crippen molar-refractivity contribution in [3.8, 4) is 0 Å². The van der Waals surface area contributed by atoms with Crippen molar-refractivity contribution in [3.05, 3.63) is 0 Å². The van der Waals surface area contributed by atoms with Crippen LogP contribution in [0.5, 0.6) is 0 Å². The molecular weight excluding hydrogens is 174 g/mol. The van der Waals surface area contributed by atoms with Gasteiger partial charge in [-0.15, -0.1) is 0 Å². The van der Waals surface area contributed by atoms with Crippen molar-refractivity contribution in [2.45, 2.75) is 52.1 Å². The molecule has 0 aromatic carbocycles. The Morgan fingerprint density at radius 2 is 2.36 bits per heavy atom. The summed E-state index contributed by atoms with van der Waals surface area (Å²) >= 11 is 0. The van der Waals surface area contributed by atoms with E-state index in [1.807, 2.05) is 0 Å². The first kappa shape index (κ1) is 12.0. The summed E-state index contributed by atoms with van der Waals surface area (Å²) in [6.45, 7) is 7.85. The van der Waals surface area contributed by atoms with Crippen molar-refractivity contribution in [2.75, 3.05) is 19.7 Å². The zero-order chi connectivity index (χ0) is 10.2. The lowest BCUT2D eigenvalue weighted by molar-refractivity contribution is 0.104. The normalized spacial score (nSPS) is 24.0. The van der Waals surface area contributed by atoms with Crippen molar-refractivity contribution < 1.29 is 4.74 Å². The molecule has 0 spiro atoms. The number of ether oxygens (including phenoxy) is 1. The third-order valence-electron chi connectivity index (χ3n) is 2.94. The first-order valence-corrected chi connectivity index (χ1v) is 6.15. The molecular formula is C12H25NO. The van der Waals surface area contributed by atoms with Gasteiger partial charge in [0.1, 0.15) is 0 Å². The quantitative estimate of drug-likeness (QED) is 0.636. The van der Waals surface area contributed by atoms with E-state index in [2.05, 4.69) is 19.2 Å². The molecule has 1 fully saturated rings. The summed E-state index contributed by atoms with van der Waals surface area (Å²) in [5, 5.41) is 3.52. The van der Waals surface area contributed by atoms with Crippen LogP contribution in [0.3, 0.4) is 0 Å². The van der Waals surface area contributed by atoms with Crippen LogP contribution in [0.15, 0.2) is 0 Å². The molecule has 84 valence electrons. The van der Waals surface area contributed by atoms with Crippen molar-refractivity contribution >= 4 is 0 Å². The van der Waals surface area contributed by atoms with Crippen molar-refractivity contribution in [2.24, 2.45) is 5.92 Å². The molecule has 1 saturated heterocycles. The summed E-state index contributed by atoms with van der Waals surface area (Å²) in [6.07, 6.45) is 6.91. The Hall–Kier alpha value is -0.0800. The Labute approximate surface area is 88.4 Å². The predicted octanol–water partition coefficient (Wildman–Crippen LogP) is 2.58. The molecule has 1 aliphatic rings. The molecule has 2 atom stereocenters. The van der Waals surface area contributed by atoms with Crippen molar-refractivity contribution in [1.29, 1.82) is 0 Å². The molecule has 0 amide bonds. The van der Waals surface area contributed by atoms with E-state index in [0.29, 0.717) is 6.10 Å². The van der Waals surface area contributed by atoms with Gasteiger partial charge in [0.2, 0.25) is 0 Å². The lowest BCUT2D eigenvalue weighted by atomic mass is 10.1. The van der Waals surface area contributed by atoms with E-state index >= 15 is 0 Å². The van der Waals surface area contributed by atoms with Crippen LogP contribution in [0, 0.1) is 5.92 Å². The Balaban J connectivity index is 1.88. The Morgan fingerprint density at radius 1 is 1.50 bits per heavy atom. The minimum atomic E-state index is 0.545. The van der Waals surface area contributed by atoms with Gasteiger partial charge in [-0.2, -0.15) is 0 Å². The maximum absolute atomic E-state index is 5.57. The van der Waals surface area contributed by atoms with Crippen molar-refractivity contribution in [1.82, 2.24) is 5.32 Å². The third-order valence-corrected chi connectivity index (χ3v) is 2.94. The number of nitrogens with one attached hydrogen (secondary N) is 1. The molecule has 2 unspecified atom stereocenters. The molecule has 0 aromatic heterocycles. The van der Waals surface area contributed by atoms with Gasteiger partial charge in [0.15, 0.2) is 0 Å². The van der Waals surface area contributed by atoms with Gasteiger partial charge in [-0.05, 0) is 44.7 Å². The molecule has 1 N–H and O–H groups in total. The fourth-order valence-electron chi connectivity index (χ4n) is 2.08. The van der Waals surface area contributed by atoms with Gasteiger partial charge < -0.3 is 10.1 Å². The topological polar surface area (TPSA) is 21.3 Å². The molecule has 1 heterocycles. The second kappa shape index (κ2) is 7.24. The van der Waals surface area contributed by atoms with Crippen molar-refractivity contribution in [3.63, 3.8) is 0 Å². The van der Waals surface area contributed by atoms with E-state index in [1.165, 1.54) is 38.6 Å². The van der Waals surface area contributed by atoms with Gasteiger partial charge in [0, 0.05) is 6.61 Å². The Bertz CT molecular complexity index is 132. The monoisotopic (exact) mass is 199 g/mol. The van der Waals surface area contributed by atoms with Crippen LogP contribution in [0.4, 0.5) is 0 Å². The minimum absolute atomic E-state index is 0.545. The molecule has 1 aliphatic heterocycles. The average molecular weight is 199 g/mol. The minimum Gasteiger partial charge on any atom is -0.378 e. The van der Waals surface area contributed by atoms with E-state index in [4.69, 9.17) is 4.74 Å². The highest BCUT2D eigenvalue weighted by atomic mass is 16.5. The molecule has 0 saturated carbocycles. The molecule has 0 aromatic rings. The summed E-state index contributed by atoms with van der Waals surface area (Å²) in [6, 6.07) is 0. The SMILES string of the molecule is CCCC(C)CNCCC1CCCO1. The van der Waals surface area contributed by atoms with Crippen LogP contribution in [-0.2, 0) is 4.74 Å². The van der Waals surface area contributed by atoms with Crippen LogP contribution >= 0.6 is 0 Å². The van der Waals surface area contributed by atoms with Gasteiger partial charge in [0.05, 0.1) is 6.10 Å². The highest BCUT2D eigenvalue weighted by Crippen LogP contribution is 2.14. The van der Waals surface area contributed by atoms with Gasteiger partial charge in [-0.1, -0.05) is 20.3 Å². The summed E-state index contributed by atoms with van der Waals surface area (Å²) in [4.78, 5) is 0. The van der Waals surface area contributed by atoms with E-state index in [1.54, 1.807) is 0 Å². The van der Waals surface area contributed by atoms with Crippen LogP contribution in [0.25, 0.3) is 0 Å². The maximum Gasteiger partial charge on any atom is 0.0588 e. The van der Waals surface area contributed by atoms with E-state index in [9.17, 15) is 0 Å². The summed E-state index contributed by atoms with van der Waals surface area (Å²) in [7, 11) is 0. The van der Waals surface area contributed by atoms with E-state index < -0.39 is 0 Å². The Kier molecular flexibility index (Phi) is 6.20. The molecule has 0 aliphatic carbocycles. The predicted molar refractivity (Wildman–Crippen MR) is 60.5 cm³/mol. The standard InChI is InChI=1S/C12H25NO/c1-3-5-11(2)10-13-8-7-12-6-4-9-14-12/h11-13H,3-10H2,1-2H3. The summed E-state index contributed by atoms with van der Waals surface area (Å²) in [5.74, 6) is 0.824. The molecule has 1 rings (SSSR count). The third kappa shape index (κ3) is 4.97. The lowest BCUT2D eigenvalue weighted by Gasteiger charge is -2.13. The number of hydrogen-bond acceptors (Lipinski definition) is 2. The number of rotatable bonds is 7. The van der Waals surface area contributed by atoms with Gasteiger partial charge >= 0.3 is 0 Å². The molecule has 14 heavy (non-hydrogen) atoms. The maximum atomic E-state index is 5.57. The second-order valence-electron chi connectivity index (χ2n) is 4.52. The van der Waals surface area contributed by atoms with E-state index in [0.717, 1.165) is 19.1 Å². The first-order chi connectivity index (χ1) is 6.83. The second-order valence-corrected chi connectivity index (χ2v) is 4.52. The van der Waals surface area contributed by atoms with Gasteiger partial charge in [-0.25, -0.2) is 0 Å². The lowest BCUT2D eigenvalue weighted by Crippen LogP contribution is -2.25. The largest absolute Gasteiger partial charge is 0.378 e. The zero-order valence-corrected chi connectivity index (χ0v) is 9.72.